The van der Waals surface area contributed by atoms with Gasteiger partial charge in [-0.05, 0) is 18.6 Å². The summed E-state index contributed by atoms with van der Waals surface area (Å²) in [5.74, 6) is -0.764. The average molecular weight is 238 g/mol. The van der Waals surface area contributed by atoms with Crippen molar-refractivity contribution in [1.29, 1.82) is 0 Å². The molecule has 0 unspecified atom stereocenters. The monoisotopic (exact) mass is 237 g/mol. The van der Waals surface area contributed by atoms with E-state index < -0.39 is 20.7 Å². The molecule has 1 heterocycles. The van der Waals surface area contributed by atoms with Gasteiger partial charge < -0.3 is 0 Å². The van der Waals surface area contributed by atoms with Crippen LogP contribution in [0, 0.1) is 5.82 Å². The maximum absolute atomic E-state index is 13.0. The minimum absolute atomic E-state index is 0.176. The van der Waals surface area contributed by atoms with Crippen molar-refractivity contribution in [2.45, 2.75) is 11.4 Å². The lowest BCUT2D eigenvalue weighted by atomic mass is 10.5. The Hall–Kier alpha value is -0.680. The zero-order valence-electron chi connectivity index (χ0n) is 7.28. The van der Waals surface area contributed by atoms with Gasteiger partial charge in [0.25, 0.3) is 0 Å². The molecule has 1 aromatic heterocycles. The highest BCUT2D eigenvalue weighted by Crippen LogP contribution is 2.12. The van der Waals surface area contributed by atoms with Crippen molar-refractivity contribution in [3.8, 4) is 0 Å². The number of pyridine rings is 1. The van der Waals surface area contributed by atoms with Crippen molar-refractivity contribution in [3.05, 3.63) is 24.1 Å². The zero-order valence-corrected chi connectivity index (χ0v) is 8.85. The molecule has 0 fully saturated rings. The van der Waals surface area contributed by atoms with Gasteiger partial charge in [-0.3, -0.25) is 0 Å². The SMILES string of the molecule is O=S(=O)(CCCCl)c1ncccc1F. The first kappa shape index (κ1) is 11.4. The van der Waals surface area contributed by atoms with Crippen LogP contribution in [0.25, 0.3) is 0 Å². The largest absolute Gasteiger partial charge is 0.242 e. The van der Waals surface area contributed by atoms with Gasteiger partial charge in [-0.2, -0.15) is 0 Å². The van der Waals surface area contributed by atoms with Crippen LogP contribution >= 0.6 is 11.6 Å². The highest BCUT2D eigenvalue weighted by molar-refractivity contribution is 7.91. The van der Waals surface area contributed by atoms with Crippen LogP contribution in [0.5, 0.6) is 0 Å². The fraction of sp³-hybridized carbons (Fsp3) is 0.375. The van der Waals surface area contributed by atoms with Gasteiger partial charge >= 0.3 is 0 Å². The summed E-state index contributed by atoms with van der Waals surface area (Å²) in [6.07, 6.45) is 1.54. The van der Waals surface area contributed by atoms with Crippen LogP contribution in [-0.2, 0) is 9.84 Å². The Morgan fingerprint density at radius 2 is 2.21 bits per heavy atom. The van der Waals surface area contributed by atoms with Gasteiger partial charge in [-0.15, -0.1) is 11.6 Å². The molecule has 6 heteroatoms. The smallest absolute Gasteiger partial charge is 0.198 e. The van der Waals surface area contributed by atoms with Crippen LogP contribution < -0.4 is 0 Å². The summed E-state index contributed by atoms with van der Waals surface area (Å²) in [6, 6.07) is 2.41. The van der Waals surface area contributed by atoms with Gasteiger partial charge in [0.1, 0.15) is 0 Å². The van der Waals surface area contributed by atoms with Crippen molar-refractivity contribution >= 4 is 21.4 Å². The van der Waals surface area contributed by atoms with E-state index in [2.05, 4.69) is 4.98 Å². The van der Waals surface area contributed by atoms with Crippen LogP contribution in [-0.4, -0.2) is 25.0 Å². The molecule has 0 aromatic carbocycles. The lowest BCUT2D eigenvalue weighted by Crippen LogP contribution is -2.11. The highest BCUT2D eigenvalue weighted by atomic mass is 35.5. The van der Waals surface area contributed by atoms with E-state index in [9.17, 15) is 12.8 Å². The van der Waals surface area contributed by atoms with Crippen LogP contribution in [0.1, 0.15) is 6.42 Å². The topological polar surface area (TPSA) is 47.0 Å². The number of alkyl halides is 1. The molecule has 14 heavy (non-hydrogen) atoms. The minimum Gasteiger partial charge on any atom is -0.242 e. The first-order valence-electron chi connectivity index (χ1n) is 3.97. The molecule has 0 N–H and O–H groups in total. The quantitative estimate of drug-likeness (QED) is 0.748. The van der Waals surface area contributed by atoms with Gasteiger partial charge in [-0.25, -0.2) is 17.8 Å². The van der Waals surface area contributed by atoms with E-state index in [4.69, 9.17) is 11.6 Å². The maximum Gasteiger partial charge on any atom is 0.198 e. The molecule has 1 rings (SSSR count). The molecular weight excluding hydrogens is 229 g/mol. The van der Waals surface area contributed by atoms with Gasteiger partial charge in [0.05, 0.1) is 5.75 Å². The first-order chi connectivity index (χ1) is 6.58. The molecule has 0 radical (unpaired) electrons. The number of sulfone groups is 1. The number of rotatable bonds is 4. The maximum atomic E-state index is 13.0. The average Bonchev–Trinajstić information content (AvgIpc) is 2.15. The summed E-state index contributed by atoms with van der Waals surface area (Å²) < 4.78 is 35.9. The van der Waals surface area contributed by atoms with Crippen molar-refractivity contribution in [2.75, 3.05) is 11.6 Å². The van der Waals surface area contributed by atoms with E-state index in [1.165, 1.54) is 12.3 Å². The summed E-state index contributed by atoms with van der Waals surface area (Å²) in [5, 5.41) is -0.495. The summed E-state index contributed by atoms with van der Waals surface area (Å²) in [7, 11) is -3.62. The Kier molecular flexibility index (Phi) is 3.83. The lowest BCUT2D eigenvalue weighted by molar-refractivity contribution is 0.553. The minimum atomic E-state index is -3.62. The molecule has 0 amide bonds. The molecule has 78 valence electrons. The van der Waals surface area contributed by atoms with Crippen molar-refractivity contribution < 1.29 is 12.8 Å². The first-order valence-corrected chi connectivity index (χ1v) is 6.16. The van der Waals surface area contributed by atoms with E-state index in [-0.39, 0.29) is 11.6 Å². The summed E-state index contributed by atoms with van der Waals surface area (Å²) in [5.41, 5.74) is 0. The van der Waals surface area contributed by atoms with Crippen molar-refractivity contribution in [2.24, 2.45) is 0 Å². The molecule has 0 saturated carbocycles. The van der Waals surface area contributed by atoms with E-state index >= 15 is 0 Å². The van der Waals surface area contributed by atoms with Gasteiger partial charge in [-0.1, -0.05) is 0 Å². The van der Waals surface area contributed by atoms with Crippen LogP contribution in [0.3, 0.4) is 0 Å². The van der Waals surface area contributed by atoms with Gasteiger partial charge in [0.2, 0.25) is 0 Å². The number of halogens is 2. The fourth-order valence-electron chi connectivity index (χ4n) is 0.941. The van der Waals surface area contributed by atoms with Crippen LogP contribution in [0.2, 0.25) is 0 Å². The van der Waals surface area contributed by atoms with Crippen LogP contribution in [0.15, 0.2) is 23.4 Å². The second-order valence-corrected chi connectivity index (χ2v) is 5.05. The third-order valence-corrected chi connectivity index (χ3v) is 3.55. The summed E-state index contributed by atoms with van der Waals surface area (Å²) >= 11 is 5.36. The molecule has 0 atom stereocenters. The molecule has 0 aliphatic heterocycles. The Balaban J connectivity index is 2.99. The number of aromatic nitrogens is 1. The standard InChI is InChI=1S/C8H9ClFNO2S/c9-4-2-6-14(12,13)8-7(10)3-1-5-11-8/h1,3,5H,2,4,6H2. The molecule has 0 bridgehead atoms. The molecule has 0 aliphatic carbocycles. The molecule has 0 spiro atoms. The van der Waals surface area contributed by atoms with Gasteiger partial charge in [0.15, 0.2) is 20.7 Å². The second-order valence-electron chi connectivity index (χ2n) is 2.65. The number of hydrogen-bond donors (Lipinski definition) is 0. The molecule has 3 nitrogen and oxygen atoms in total. The molecule has 0 aliphatic rings. The number of nitrogens with zero attached hydrogens (tertiary/aromatic N) is 1. The summed E-state index contributed by atoms with van der Waals surface area (Å²) in [6.45, 7) is 0. The Bertz CT molecular complexity index is 408. The van der Waals surface area contributed by atoms with Crippen LogP contribution in [0.4, 0.5) is 4.39 Å². The third-order valence-electron chi connectivity index (χ3n) is 1.57. The third kappa shape index (κ3) is 2.65. The predicted octanol–water partition coefficient (Wildman–Crippen LogP) is 1.62. The summed E-state index contributed by atoms with van der Waals surface area (Å²) in [4.78, 5) is 3.50. The zero-order chi connectivity index (χ0) is 10.6. The Morgan fingerprint density at radius 1 is 1.50 bits per heavy atom. The number of hydrogen-bond acceptors (Lipinski definition) is 3. The van der Waals surface area contributed by atoms with E-state index in [0.717, 1.165) is 6.07 Å². The lowest BCUT2D eigenvalue weighted by Gasteiger charge is -2.02. The van der Waals surface area contributed by atoms with Crippen molar-refractivity contribution in [3.63, 3.8) is 0 Å². The van der Waals surface area contributed by atoms with Crippen molar-refractivity contribution in [1.82, 2.24) is 4.98 Å². The molecule has 1 aromatic rings. The Morgan fingerprint density at radius 3 is 2.79 bits per heavy atom. The predicted molar refractivity (Wildman–Crippen MR) is 51.6 cm³/mol. The van der Waals surface area contributed by atoms with Gasteiger partial charge in [0, 0.05) is 12.1 Å². The second kappa shape index (κ2) is 4.70. The Labute approximate surface area is 86.8 Å². The normalized spacial score (nSPS) is 11.6. The highest BCUT2D eigenvalue weighted by Gasteiger charge is 2.19. The fourth-order valence-corrected chi connectivity index (χ4v) is 2.54. The van der Waals surface area contributed by atoms with E-state index in [1.54, 1.807) is 0 Å². The molecular formula is C8H9ClFNO2S. The molecule has 0 saturated heterocycles. The van der Waals surface area contributed by atoms with E-state index in [1.807, 2.05) is 0 Å². The van der Waals surface area contributed by atoms with E-state index in [0.29, 0.717) is 6.42 Å².